The van der Waals surface area contributed by atoms with Crippen molar-refractivity contribution in [2.24, 2.45) is 0 Å². The van der Waals surface area contributed by atoms with E-state index in [9.17, 15) is 8.42 Å². The Morgan fingerprint density at radius 3 is 2.22 bits per heavy atom. The van der Waals surface area contributed by atoms with Crippen molar-refractivity contribution in [3.05, 3.63) is 23.8 Å². The summed E-state index contributed by atoms with van der Waals surface area (Å²) < 4.78 is 39.7. The molecule has 0 heterocycles. The van der Waals surface area contributed by atoms with E-state index >= 15 is 0 Å². The fraction of sp³-hybridized carbons (Fsp3) is 0.625. The van der Waals surface area contributed by atoms with Gasteiger partial charge in [-0.05, 0) is 38.5 Å². The molecule has 0 aliphatic carbocycles. The van der Waals surface area contributed by atoms with Crippen LogP contribution in [0.4, 0.5) is 0 Å². The van der Waals surface area contributed by atoms with Gasteiger partial charge in [0.05, 0.1) is 13.2 Å². The number of methoxy groups -OCH3 is 1. The normalized spacial score (nSPS) is 13.4. The van der Waals surface area contributed by atoms with E-state index in [1.807, 2.05) is 33.8 Å². The summed E-state index contributed by atoms with van der Waals surface area (Å²) >= 11 is 0. The predicted molar refractivity (Wildman–Crippen MR) is 92.1 cm³/mol. The van der Waals surface area contributed by atoms with Gasteiger partial charge < -0.3 is 9.47 Å². The number of rotatable bonds is 9. The van der Waals surface area contributed by atoms with E-state index in [1.165, 1.54) is 4.31 Å². The van der Waals surface area contributed by atoms with Crippen LogP contribution in [0.2, 0.25) is 0 Å². The highest BCUT2D eigenvalue weighted by atomic mass is 32.2. The number of benzene rings is 1. The highest BCUT2D eigenvalue weighted by molar-refractivity contribution is 7.87. The van der Waals surface area contributed by atoms with Crippen LogP contribution in [0.1, 0.15) is 46.2 Å². The second-order valence-corrected chi connectivity index (χ2v) is 7.21. The van der Waals surface area contributed by atoms with Gasteiger partial charge in [-0.15, -0.1) is 0 Å². The average Bonchev–Trinajstić information content (AvgIpc) is 2.47. The molecule has 1 atom stereocenters. The summed E-state index contributed by atoms with van der Waals surface area (Å²) in [5, 5.41) is 0. The van der Waals surface area contributed by atoms with E-state index in [1.54, 1.807) is 26.2 Å². The van der Waals surface area contributed by atoms with Crippen LogP contribution in [0.25, 0.3) is 0 Å². The SMILES string of the molecule is CCN(CC)S(=O)(=O)NC(C)c1ccc(OC(C)C)c(OC)c1. The van der Waals surface area contributed by atoms with Crippen molar-refractivity contribution < 1.29 is 17.9 Å². The molecule has 7 heteroatoms. The molecule has 0 amide bonds. The molecular weight excluding hydrogens is 316 g/mol. The Kier molecular flexibility index (Phi) is 7.31. The third kappa shape index (κ3) is 5.37. The van der Waals surface area contributed by atoms with Gasteiger partial charge in [0, 0.05) is 19.1 Å². The minimum absolute atomic E-state index is 0.0355. The van der Waals surface area contributed by atoms with Crippen LogP contribution in [0.15, 0.2) is 18.2 Å². The van der Waals surface area contributed by atoms with Crippen LogP contribution >= 0.6 is 0 Å². The van der Waals surface area contributed by atoms with Gasteiger partial charge in [0.15, 0.2) is 11.5 Å². The molecule has 132 valence electrons. The Morgan fingerprint density at radius 1 is 1.13 bits per heavy atom. The first-order valence-corrected chi connectivity index (χ1v) is 9.31. The van der Waals surface area contributed by atoms with Crippen molar-refractivity contribution >= 4 is 10.2 Å². The smallest absolute Gasteiger partial charge is 0.279 e. The molecule has 1 aromatic rings. The van der Waals surface area contributed by atoms with Crippen molar-refractivity contribution in [1.29, 1.82) is 0 Å². The highest BCUT2D eigenvalue weighted by Gasteiger charge is 2.22. The van der Waals surface area contributed by atoms with Crippen LogP contribution in [-0.2, 0) is 10.2 Å². The molecule has 6 nitrogen and oxygen atoms in total. The van der Waals surface area contributed by atoms with Crippen LogP contribution in [-0.4, -0.2) is 39.0 Å². The fourth-order valence-electron chi connectivity index (χ4n) is 2.23. The Bertz CT molecular complexity index is 598. The molecule has 0 saturated heterocycles. The van der Waals surface area contributed by atoms with Crippen molar-refractivity contribution in [3.63, 3.8) is 0 Å². The van der Waals surface area contributed by atoms with Gasteiger partial charge >= 0.3 is 0 Å². The molecule has 0 fully saturated rings. The van der Waals surface area contributed by atoms with E-state index in [0.29, 0.717) is 24.6 Å². The zero-order valence-corrected chi connectivity index (χ0v) is 15.6. The van der Waals surface area contributed by atoms with E-state index < -0.39 is 10.2 Å². The van der Waals surface area contributed by atoms with Gasteiger partial charge in [0.25, 0.3) is 10.2 Å². The number of nitrogens with zero attached hydrogens (tertiary/aromatic N) is 1. The minimum atomic E-state index is -3.51. The summed E-state index contributed by atoms with van der Waals surface area (Å²) in [6.07, 6.45) is 0.0355. The Morgan fingerprint density at radius 2 is 1.74 bits per heavy atom. The maximum atomic E-state index is 12.3. The molecule has 0 aliphatic rings. The van der Waals surface area contributed by atoms with Crippen molar-refractivity contribution in [2.45, 2.75) is 46.8 Å². The van der Waals surface area contributed by atoms with E-state index in [-0.39, 0.29) is 12.1 Å². The maximum absolute atomic E-state index is 12.3. The van der Waals surface area contributed by atoms with Gasteiger partial charge in [-0.2, -0.15) is 17.4 Å². The van der Waals surface area contributed by atoms with E-state index in [4.69, 9.17) is 9.47 Å². The molecule has 1 unspecified atom stereocenters. The van der Waals surface area contributed by atoms with Crippen LogP contribution in [0, 0.1) is 0 Å². The second-order valence-electron chi connectivity index (χ2n) is 5.51. The summed E-state index contributed by atoms with van der Waals surface area (Å²) in [5.41, 5.74) is 0.814. The second kappa shape index (κ2) is 8.52. The van der Waals surface area contributed by atoms with Crippen molar-refractivity contribution in [3.8, 4) is 11.5 Å². The first-order chi connectivity index (χ1) is 10.7. The summed E-state index contributed by atoms with van der Waals surface area (Å²) in [5.74, 6) is 1.23. The van der Waals surface area contributed by atoms with Crippen LogP contribution in [0.3, 0.4) is 0 Å². The molecule has 0 saturated carbocycles. The van der Waals surface area contributed by atoms with Gasteiger partial charge in [-0.1, -0.05) is 19.9 Å². The zero-order chi connectivity index (χ0) is 17.6. The largest absolute Gasteiger partial charge is 0.493 e. The minimum Gasteiger partial charge on any atom is -0.493 e. The Balaban J connectivity index is 2.98. The van der Waals surface area contributed by atoms with Gasteiger partial charge in [0.1, 0.15) is 0 Å². The maximum Gasteiger partial charge on any atom is 0.279 e. The lowest BCUT2D eigenvalue weighted by Crippen LogP contribution is -2.41. The first kappa shape index (κ1) is 19.7. The van der Waals surface area contributed by atoms with Gasteiger partial charge in [-0.3, -0.25) is 0 Å². The molecule has 0 bridgehead atoms. The Labute approximate surface area is 140 Å². The molecule has 1 aromatic carbocycles. The van der Waals surface area contributed by atoms with Gasteiger partial charge in [-0.25, -0.2) is 0 Å². The van der Waals surface area contributed by atoms with E-state index in [0.717, 1.165) is 5.56 Å². The lowest BCUT2D eigenvalue weighted by molar-refractivity contribution is 0.230. The average molecular weight is 344 g/mol. The first-order valence-electron chi connectivity index (χ1n) is 7.87. The standard InChI is InChI=1S/C16H28N2O4S/c1-7-18(8-2)23(19,20)17-13(5)14-9-10-15(22-12(3)4)16(11-14)21-6/h9-13,17H,7-8H2,1-6H3. The van der Waals surface area contributed by atoms with E-state index in [2.05, 4.69) is 4.72 Å². The van der Waals surface area contributed by atoms with Crippen molar-refractivity contribution in [1.82, 2.24) is 9.03 Å². The predicted octanol–water partition coefficient (Wildman–Crippen LogP) is 2.72. The van der Waals surface area contributed by atoms with Crippen LogP contribution < -0.4 is 14.2 Å². The summed E-state index contributed by atoms with van der Waals surface area (Å²) in [6, 6.07) is 5.07. The topological polar surface area (TPSA) is 67.9 Å². The molecular formula is C16H28N2O4S. The lowest BCUT2D eigenvalue weighted by Gasteiger charge is -2.23. The molecule has 0 aromatic heterocycles. The van der Waals surface area contributed by atoms with Crippen molar-refractivity contribution in [2.75, 3.05) is 20.2 Å². The summed E-state index contributed by atoms with van der Waals surface area (Å²) in [6.45, 7) is 10.2. The quantitative estimate of drug-likeness (QED) is 0.748. The lowest BCUT2D eigenvalue weighted by atomic mass is 10.1. The Hall–Kier alpha value is -1.31. The third-order valence-electron chi connectivity index (χ3n) is 3.42. The number of nitrogens with one attached hydrogen (secondary N) is 1. The summed E-state index contributed by atoms with van der Waals surface area (Å²) in [4.78, 5) is 0. The monoisotopic (exact) mass is 344 g/mol. The number of ether oxygens (including phenoxy) is 2. The molecule has 1 N–H and O–H groups in total. The molecule has 0 spiro atoms. The zero-order valence-electron chi connectivity index (χ0n) is 14.8. The van der Waals surface area contributed by atoms with Crippen LogP contribution in [0.5, 0.6) is 11.5 Å². The summed E-state index contributed by atoms with van der Waals surface area (Å²) in [7, 11) is -1.94. The molecule has 0 aliphatic heterocycles. The number of hydrogen-bond donors (Lipinski definition) is 1. The molecule has 23 heavy (non-hydrogen) atoms. The highest BCUT2D eigenvalue weighted by Crippen LogP contribution is 2.31. The molecule has 0 radical (unpaired) electrons. The fourth-order valence-corrected chi connectivity index (χ4v) is 3.65. The molecule has 1 rings (SSSR count). The third-order valence-corrected chi connectivity index (χ3v) is 5.27. The number of hydrogen-bond acceptors (Lipinski definition) is 4. The van der Waals surface area contributed by atoms with Gasteiger partial charge in [0.2, 0.25) is 0 Å².